The predicted octanol–water partition coefficient (Wildman–Crippen LogP) is 3.16. The molecule has 0 saturated carbocycles. The molecule has 0 aliphatic rings. The monoisotopic (exact) mass is 221 g/mol. The molecule has 0 spiro atoms. The summed E-state index contributed by atoms with van der Waals surface area (Å²) in [6, 6.07) is 4.01. The Kier molecular flexibility index (Phi) is 2.19. The molecule has 0 unspecified atom stereocenters. The normalized spacial score (nSPS) is 12.3. The highest BCUT2D eigenvalue weighted by Crippen LogP contribution is 2.21. The average molecular weight is 221 g/mol. The van der Waals surface area contributed by atoms with Crippen LogP contribution in [-0.4, -0.2) is 14.5 Å². The summed E-state index contributed by atoms with van der Waals surface area (Å²) in [5, 5.41) is 0. The molecule has 80 valence electrons. The second-order valence-corrected chi connectivity index (χ2v) is 5.15. The first-order chi connectivity index (χ1) is 6.89. The number of aromatic amines is 1. The zero-order valence-corrected chi connectivity index (χ0v) is 10.3. The molecule has 0 bridgehead atoms. The molecule has 0 aliphatic carbocycles. The Labute approximate surface area is 94.2 Å². The van der Waals surface area contributed by atoms with Gasteiger partial charge in [0.1, 0.15) is 0 Å². The number of aryl methyl sites for hydroxylation is 1. The molecule has 2 rings (SSSR count). The van der Waals surface area contributed by atoms with E-state index in [1.807, 2.05) is 19.1 Å². The van der Waals surface area contributed by atoms with Gasteiger partial charge in [-0.1, -0.05) is 0 Å². The highest BCUT2D eigenvalue weighted by molar-refractivity contribution is 7.71. The number of nitrogens with zero attached hydrogens (tertiary/aromatic N) is 2. The van der Waals surface area contributed by atoms with Crippen LogP contribution in [0.4, 0.5) is 0 Å². The minimum atomic E-state index is -0.0455. The van der Waals surface area contributed by atoms with Crippen molar-refractivity contribution in [3.05, 3.63) is 22.6 Å². The van der Waals surface area contributed by atoms with Crippen molar-refractivity contribution in [1.29, 1.82) is 0 Å². The number of nitrogens with one attached hydrogen (secondary N) is 1. The van der Waals surface area contributed by atoms with Crippen LogP contribution in [0.3, 0.4) is 0 Å². The molecule has 0 radical (unpaired) electrons. The number of hydrogen-bond donors (Lipinski definition) is 1. The highest BCUT2D eigenvalue weighted by atomic mass is 32.1. The maximum atomic E-state index is 5.31. The van der Waals surface area contributed by atoms with Gasteiger partial charge in [-0.05, 0) is 52.0 Å². The fourth-order valence-electron chi connectivity index (χ4n) is 1.70. The second-order valence-electron chi connectivity index (χ2n) is 4.76. The Hall–Kier alpha value is -1.16. The zero-order chi connectivity index (χ0) is 11.2. The third kappa shape index (κ3) is 1.69. The zero-order valence-electron chi connectivity index (χ0n) is 9.46. The average Bonchev–Trinajstić information content (AvgIpc) is 2.38. The van der Waals surface area contributed by atoms with Crippen LogP contribution in [0, 0.1) is 11.7 Å². The van der Waals surface area contributed by atoms with E-state index < -0.39 is 0 Å². The Morgan fingerprint density at radius 2 is 2.00 bits per heavy atom. The minimum Gasteiger partial charge on any atom is -0.329 e. The van der Waals surface area contributed by atoms with E-state index in [-0.39, 0.29) is 5.54 Å². The van der Waals surface area contributed by atoms with Crippen LogP contribution < -0.4 is 0 Å². The van der Waals surface area contributed by atoms with Gasteiger partial charge >= 0.3 is 0 Å². The number of fused-ring (bicyclic) bond motifs is 1. The SMILES string of the molecule is Cc1ccc2[nH]c(=S)n(C(C)(C)C)c2n1. The summed E-state index contributed by atoms with van der Waals surface area (Å²) in [5.41, 5.74) is 2.90. The molecule has 2 aromatic heterocycles. The van der Waals surface area contributed by atoms with Crippen LogP contribution >= 0.6 is 12.2 Å². The fourth-order valence-corrected chi connectivity index (χ4v) is 2.17. The van der Waals surface area contributed by atoms with Crippen LogP contribution in [0.1, 0.15) is 26.5 Å². The molecule has 0 saturated heterocycles. The van der Waals surface area contributed by atoms with Crippen LogP contribution in [-0.2, 0) is 5.54 Å². The van der Waals surface area contributed by atoms with Crippen molar-refractivity contribution in [2.24, 2.45) is 0 Å². The summed E-state index contributed by atoms with van der Waals surface area (Å²) in [6.45, 7) is 8.36. The second kappa shape index (κ2) is 3.17. The van der Waals surface area contributed by atoms with Gasteiger partial charge in [-0.2, -0.15) is 0 Å². The number of rotatable bonds is 0. The number of imidazole rings is 1. The van der Waals surface area contributed by atoms with Gasteiger partial charge < -0.3 is 4.98 Å². The number of aromatic nitrogens is 3. The lowest BCUT2D eigenvalue weighted by Crippen LogP contribution is -2.22. The standard InChI is InChI=1S/C11H15N3S/c1-7-5-6-8-9(12-7)14(10(15)13-8)11(2,3)4/h5-6H,1-4H3,(H,13,15). The Morgan fingerprint density at radius 1 is 1.33 bits per heavy atom. The van der Waals surface area contributed by atoms with Gasteiger partial charge in [-0.3, -0.25) is 4.57 Å². The van der Waals surface area contributed by atoms with Crippen molar-refractivity contribution in [2.75, 3.05) is 0 Å². The molecule has 2 aromatic rings. The smallest absolute Gasteiger partial charge is 0.179 e. The van der Waals surface area contributed by atoms with Crippen LogP contribution in [0.25, 0.3) is 11.2 Å². The quantitative estimate of drug-likeness (QED) is 0.693. The molecule has 1 N–H and O–H groups in total. The lowest BCUT2D eigenvalue weighted by molar-refractivity contribution is 0.401. The van der Waals surface area contributed by atoms with Gasteiger partial charge in [0.25, 0.3) is 0 Å². The molecule has 0 atom stereocenters. The van der Waals surface area contributed by atoms with E-state index in [4.69, 9.17) is 12.2 Å². The molecule has 0 aliphatic heterocycles. The first-order valence-electron chi connectivity index (χ1n) is 4.98. The van der Waals surface area contributed by atoms with E-state index in [1.54, 1.807) is 0 Å². The van der Waals surface area contributed by atoms with Gasteiger partial charge in [0.05, 0.1) is 5.52 Å². The van der Waals surface area contributed by atoms with Gasteiger partial charge in [-0.25, -0.2) is 4.98 Å². The molecule has 2 heterocycles. The molecule has 0 amide bonds. The van der Waals surface area contributed by atoms with Crippen molar-refractivity contribution in [3.63, 3.8) is 0 Å². The van der Waals surface area contributed by atoms with E-state index >= 15 is 0 Å². The predicted molar refractivity (Wildman–Crippen MR) is 64.7 cm³/mol. The molecular weight excluding hydrogens is 206 g/mol. The van der Waals surface area contributed by atoms with Crippen molar-refractivity contribution in [1.82, 2.24) is 14.5 Å². The van der Waals surface area contributed by atoms with E-state index in [0.717, 1.165) is 21.6 Å². The van der Waals surface area contributed by atoms with Gasteiger partial charge in [0.15, 0.2) is 10.4 Å². The molecule has 4 heteroatoms. The first-order valence-corrected chi connectivity index (χ1v) is 5.39. The van der Waals surface area contributed by atoms with Gasteiger partial charge in [0.2, 0.25) is 0 Å². The van der Waals surface area contributed by atoms with Crippen molar-refractivity contribution >= 4 is 23.4 Å². The lowest BCUT2D eigenvalue weighted by Gasteiger charge is -2.21. The Balaban J connectivity index is 2.89. The largest absolute Gasteiger partial charge is 0.329 e. The maximum Gasteiger partial charge on any atom is 0.179 e. The molecular formula is C11H15N3S. The van der Waals surface area contributed by atoms with Crippen LogP contribution in [0.2, 0.25) is 0 Å². The fraction of sp³-hybridized carbons (Fsp3) is 0.455. The summed E-state index contributed by atoms with van der Waals surface area (Å²) in [5.74, 6) is 0. The summed E-state index contributed by atoms with van der Waals surface area (Å²) in [7, 11) is 0. The van der Waals surface area contributed by atoms with Crippen molar-refractivity contribution < 1.29 is 0 Å². The topological polar surface area (TPSA) is 33.6 Å². The molecule has 0 aromatic carbocycles. The van der Waals surface area contributed by atoms with E-state index in [0.29, 0.717) is 0 Å². The number of hydrogen-bond acceptors (Lipinski definition) is 2. The van der Waals surface area contributed by atoms with Crippen molar-refractivity contribution in [3.8, 4) is 0 Å². The van der Waals surface area contributed by atoms with Crippen molar-refractivity contribution in [2.45, 2.75) is 33.2 Å². The molecule has 15 heavy (non-hydrogen) atoms. The first kappa shape index (κ1) is 10.4. The molecule has 0 fully saturated rings. The van der Waals surface area contributed by atoms with Gasteiger partial charge in [0, 0.05) is 11.2 Å². The van der Waals surface area contributed by atoms with Crippen LogP contribution in [0.5, 0.6) is 0 Å². The van der Waals surface area contributed by atoms with Gasteiger partial charge in [-0.15, -0.1) is 0 Å². The molecule has 3 nitrogen and oxygen atoms in total. The third-order valence-electron chi connectivity index (χ3n) is 2.34. The number of H-pyrrole nitrogens is 1. The number of pyridine rings is 1. The van der Waals surface area contributed by atoms with E-state index in [9.17, 15) is 0 Å². The lowest BCUT2D eigenvalue weighted by atomic mass is 10.1. The summed E-state index contributed by atoms with van der Waals surface area (Å²) in [4.78, 5) is 7.70. The summed E-state index contributed by atoms with van der Waals surface area (Å²) in [6.07, 6.45) is 0. The minimum absolute atomic E-state index is 0.0455. The summed E-state index contributed by atoms with van der Waals surface area (Å²) >= 11 is 5.31. The maximum absolute atomic E-state index is 5.31. The Bertz CT molecular complexity index is 557. The third-order valence-corrected chi connectivity index (χ3v) is 2.63. The Morgan fingerprint density at radius 3 is 2.60 bits per heavy atom. The van der Waals surface area contributed by atoms with E-state index in [2.05, 4.69) is 35.3 Å². The summed E-state index contributed by atoms with van der Waals surface area (Å²) < 4.78 is 2.79. The highest BCUT2D eigenvalue weighted by Gasteiger charge is 2.18. The van der Waals surface area contributed by atoms with Crippen LogP contribution in [0.15, 0.2) is 12.1 Å². The van der Waals surface area contributed by atoms with E-state index in [1.165, 1.54) is 0 Å².